The van der Waals surface area contributed by atoms with Crippen LogP contribution in [0, 0.1) is 0 Å². The Kier molecular flexibility index (Phi) is 4.59. The molecule has 0 fully saturated rings. The third kappa shape index (κ3) is 3.41. The Bertz CT molecular complexity index is 678. The van der Waals surface area contributed by atoms with Crippen molar-refractivity contribution < 1.29 is 19.1 Å². The van der Waals surface area contributed by atoms with Crippen molar-refractivity contribution in [2.75, 3.05) is 19.5 Å². The SMILES string of the molecule is COc1ccc(NC(=O)c2ccc(C(C)=O)s2)cc1OC. The van der Waals surface area contributed by atoms with Gasteiger partial charge in [0.05, 0.1) is 24.0 Å². The first-order valence-corrected chi connectivity index (χ1v) is 7.01. The summed E-state index contributed by atoms with van der Waals surface area (Å²) in [5.41, 5.74) is 0.593. The highest BCUT2D eigenvalue weighted by Gasteiger charge is 2.13. The van der Waals surface area contributed by atoms with Crippen molar-refractivity contribution in [3.05, 3.63) is 40.1 Å². The summed E-state index contributed by atoms with van der Waals surface area (Å²) in [6.45, 7) is 1.47. The number of hydrogen-bond acceptors (Lipinski definition) is 5. The maximum Gasteiger partial charge on any atom is 0.265 e. The number of carbonyl (C=O) groups is 2. The summed E-state index contributed by atoms with van der Waals surface area (Å²) in [6, 6.07) is 8.40. The van der Waals surface area contributed by atoms with Gasteiger partial charge in [0.15, 0.2) is 17.3 Å². The van der Waals surface area contributed by atoms with Crippen LogP contribution in [0.3, 0.4) is 0 Å². The van der Waals surface area contributed by atoms with E-state index in [1.165, 1.54) is 25.4 Å². The van der Waals surface area contributed by atoms with Crippen molar-refractivity contribution in [2.45, 2.75) is 6.92 Å². The lowest BCUT2D eigenvalue weighted by Crippen LogP contribution is -2.10. The molecular formula is C15H15NO4S. The number of Topliss-reactive ketones (excluding diaryl/α,β-unsaturated/α-hetero) is 1. The summed E-state index contributed by atoms with van der Waals surface area (Å²) in [4.78, 5) is 24.4. The van der Waals surface area contributed by atoms with Gasteiger partial charge in [-0.1, -0.05) is 0 Å². The predicted octanol–water partition coefficient (Wildman–Crippen LogP) is 3.22. The smallest absolute Gasteiger partial charge is 0.265 e. The van der Waals surface area contributed by atoms with E-state index in [1.807, 2.05) is 0 Å². The van der Waals surface area contributed by atoms with Crippen LogP contribution in [0.4, 0.5) is 5.69 Å². The Labute approximate surface area is 126 Å². The highest BCUT2D eigenvalue weighted by atomic mass is 32.1. The summed E-state index contributed by atoms with van der Waals surface area (Å²) < 4.78 is 10.3. The van der Waals surface area contributed by atoms with Crippen molar-refractivity contribution in [1.29, 1.82) is 0 Å². The number of carbonyl (C=O) groups excluding carboxylic acids is 2. The topological polar surface area (TPSA) is 64.6 Å². The summed E-state index contributed by atoms with van der Waals surface area (Å²) in [7, 11) is 3.08. The molecule has 0 saturated heterocycles. The molecule has 0 radical (unpaired) electrons. The van der Waals surface area contributed by atoms with E-state index < -0.39 is 0 Å². The fourth-order valence-corrected chi connectivity index (χ4v) is 2.55. The van der Waals surface area contributed by atoms with Crippen LogP contribution in [-0.2, 0) is 0 Å². The van der Waals surface area contributed by atoms with Crippen molar-refractivity contribution in [1.82, 2.24) is 0 Å². The van der Waals surface area contributed by atoms with Gasteiger partial charge < -0.3 is 14.8 Å². The number of ketones is 1. The molecule has 21 heavy (non-hydrogen) atoms. The quantitative estimate of drug-likeness (QED) is 0.861. The first-order chi connectivity index (χ1) is 10.0. The Morgan fingerprint density at radius 1 is 1.00 bits per heavy atom. The molecule has 0 aliphatic heterocycles. The molecule has 0 spiro atoms. The van der Waals surface area contributed by atoms with Crippen molar-refractivity contribution >= 4 is 28.7 Å². The van der Waals surface area contributed by atoms with Crippen molar-refractivity contribution in [2.24, 2.45) is 0 Å². The fraction of sp³-hybridized carbons (Fsp3) is 0.200. The van der Waals surface area contributed by atoms with Crippen LogP contribution in [0.1, 0.15) is 26.3 Å². The minimum absolute atomic E-state index is 0.0508. The van der Waals surface area contributed by atoms with E-state index in [1.54, 1.807) is 37.4 Å². The average molecular weight is 305 g/mol. The number of benzene rings is 1. The molecule has 0 unspecified atom stereocenters. The van der Waals surface area contributed by atoms with Gasteiger partial charge in [-0.25, -0.2) is 0 Å². The lowest BCUT2D eigenvalue weighted by atomic mass is 10.2. The Balaban J connectivity index is 2.17. The van der Waals surface area contributed by atoms with E-state index in [0.717, 1.165) is 0 Å². The molecule has 2 rings (SSSR count). The van der Waals surface area contributed by atoms with E-state index in [9.17, 15) is 9.59 Å². The van der Waals surface area contributed by atoms with Gasteiger partial charge in [-0.05, 0) is 31.2 Å². The number of thiophene rings is 1. The standard InChI is InChI=1S/C15H15NO4S/c1-9(17)13-6-7-14(21-13)15(18)16-10-4-5-11(19-2)12(8-10)20-3/h4-8H,1-3H3,(H,16,18). The van der Waals surface area contributed by atoms with Gasteiger partial charge in [-0.2, -0.15) is 0 Å². The van der Waals surface area contributed by atoms with Gasteiger partial charge in [0.1, 0.15) is 0 Å². The highest BCUT2D eigenvalue weighted by molar-refractivity contribution is 7.16. The van der Waals surface area contributed by atoms with Gasteiger partial charge in [-0.3, -0.25) is 9.59 Å². The summed E-state index contributed by atoms with van der Waals surface area (Å²) >= 11 is 1.17. The zero-order valence-electron chi connectivity index (χ0n) is 11.9. The van der Waals surface area contributed by atoms with E-state index in [2.05, 4.69) is 5.32 Å². The van der Waals surface area contributed by atoms with Gasteiger partial charge in [-0.15, -0.1) is 11.3 Å². The Hall–Kier alpha value is -2.34. The number of nitrogens with one attached hydrogen (secondary N) is 1. The Morgan fingerprint density at radius 3 is 2.24 bits per heavy atom. The van der Waals surface area contributed by atoms with Crippen LogP contribution < -0.4 is 14.8 Å². The minimum Gasteiger partial charge on any atom is -0.493 e. The largest absolute Gasteiger partial charge is 0.493 e. The summed E-state index contributed by atoms with van der Waals surface area (Å²) in [5.74, 6) is 0.807. The lowest BCUT2D eigenvalue weighted by Gasteiger charge is -2.10. The predicted molar refractivity (Wildman–Crippen MR) is 81.8 cm³/mol. The number of anilines is 1. The van der Waals surface area contributed by atoms with E-state index in [0.29, 0.717) is 26.9 Å². The van der Waals surface area contributed by atoms with Crippen molar-refractivity contribution in [3.63, 3.8) is 0 Å². The monoisotopic (exact) mass is 305 g/mol. The molecule has 5 nitrogen and oxygen atoms in total. The minimum atomic E-state index is -0.264. The molecule has 0 atom stereocenters. The van der Waals surface area contributed by atoms with Crippen LogP contribution in [0.5, 0.6) is 11.5 Å². The number of rotatable bonds is 5. The van der Waals surface area contributed by atoms with Crippen LogP contribution in [0.2, 0.25) is 0 Å². The number of ether oxygens (including phenoxy) is 2. The highest BCUT2D eigenvalue weighted by Crippen LogP contribution is 2.30. The van der Waals surface area contributed by atoms with E-state index in [-0.39, 0.29) is 11.7 Å². The Morgan fingerprint density at radius 2 is 1.67 bits per heavy atom. The van der Waals surface area contributed by atoms with Gasteiger partial charge in [0, 0.05) is 11.8 Å². The second-order valence-corrected chi connectivity index (χ2v) is 5.33. The molecule has 0 bridgehead atoms. The van der Waals surface area contributed by atoms with Gasteiger partial charge >= 0.3 is 0 Å². The molecule has 1 heterocycles. The molecule has 1 N–H and O–H groups in total. The van der Waals surface area contributed by atoms with Gasteiger partial charge in [0.25, 0.3) is 5.91 Å². The lowest BCUT2D eigenvalue weighted by molar-refractivity contribution is 0.101. The molecule has 1 aromatic heterocycles. The summed E-state index contributed by atoms with van der Waals surface area (Å²) in [6.07, 6.45) is 0. The molecule has 6 heteroatoms. The fourth-order valence-electron chi connectivity index (χ4n) is 1.76. The third-order valence-electron chi connectivity index (χ3n) is 2.82. The van der Waals surface area contributed by atoms with Crippen LogP contribution in [-0.4, -0.2) is 25.9 Å². The average Bonchev–Trinajstić information content (AvgIpc) is 2.97. The normalized spacial score (nSPS) is 10.0. The molecular weight excluding hydrogens is 290 g/mol. The first-order valence-electron chi connectivity index (χ1n) is 6.19. The van der Waals surface area contributed by atoms with Crippen molar-refractivity contribution in [3.8, 4) is 11.5 Å². The first kappa shape index (κ1) is 15.1. The zero-order chi connectivity index (χ0) is 15.4. The molecule has 0 aliphatic rings. The molecule has 1 aromatic carbocycles. The zero-order valence-corrected chi connectivity index (χ0v) is 12.7. The second kappa shape index (κ2) is 6.41. The number of methoxy groups -OCH3 is 2. The maximum atomic E-state index is 12.1. The molecule has 110 valence electrons. The third-order valence-corrected chi connectivity index (χ3v) is 4.00. The molecule has 0 aliphatic carbocycles. The molecule has 0 saturated carbocycles. The van der Waals surface area contributed by atoms with Crippen LogP contribution in [0.15, 0.2) is 30.3 Å². The van der Waals surface area contributed by atoms with Gasteiger partial charge in [0.2, 0.25) is 0 Å². The molecule has 1 amide bonds. The van der Waals surface area contributed by atoms with Crippen LogP contribution in [0.25, 0.3) is 0 Å². The van der Waals surface area contributed by atoms with E-state index >= 15 is 0 Å². The number of amides is 1. The van der Waals surface area contributed by atoms with Crippen LogP contribution >= 0.6 is 11.3 Å². The number of hydrogen-bond donors (Lipinski definition) is 1. The van der Waals surface area contributed by atoms with E-state index in [4.69, 9.17) is 9.47 Å². The second-order valence-electron chi connectivity index (χ2n) is 4.24. The summed E-state index contributed by atoms with van der Waals surface area (Å²) in [5, 5.41) is 2.76. The maximum absolute atomic E-state index is 12.1. The molecule has 2 aromatic rings.